The number of nitrogens with zero attached hydrogens (tertiary/aromatic N) is 2. The van der Waals surface area contributed by atoms with Gasteiger partial charge in [-0.3, -0.25) is 4.98 Å². The van der Waals surface area contributed by atoms with Crippen molar-refractivity contribution in [2.24, 2.45) is 0 Å². The summed E-state index contributed by atoms with van der Waals surface area (Å²) in [6, 6.07) is 60.8. The lowest BCUT2D eigenvalue weighted by molar-refractivity contribution is 0.667. The largest absolute Gasteiger partial charge is 0.454 e. The summed E-state index contributed by atoms with van der Waals surface area (Å²) in [7, 11) is 0. The van der Waals surface area contributed by atoms with E-state index in [1.807, 2.05) is 12.4 Å². The molecule has 10 aromatic rings. The molecule has 0 saturated carbocycles. The number of hydrogen-bond donors (Lipinski definition) is 0. The van der Waals surface area contributed by atoms with Crippen molar-refractivity contribution >= 4 is 71.3 Å². The molecule has 0 aliphatic carbocycles. The fourth-order valence-corrected chi connectivity index (χ4v) is 7.43. The van der Waals surface area contributed by atoms with E-state index < -0.39 is 0 Å². The summed E-state index contributed by atoms with van der Waals surface area (Å²) in [4.78, 5) is 7.01. The molecular weight excluding hydrogens is 609 g/mol. The van der Waals surface area contributed by atoms with E-state index in [2.05, 4.69) is 175 Å². The maximum Gasteiger partial charge on any atom is 0.155 e. The molecule has 2 aromatic heterocycles. The van der Waals surface area contributed by atoms with Crippen molar-refractivity contribution < 1.29 is 4.42 Å². The number of pyridine rings is 1. The van der Waals surface area contributed by atoms with E-state index in [4.69, 9.17) is 9.40 Å². The van der Waals surface area contributed by atoms with Gasteiger partial charge in [-0.2, -0.15) is 0 Å². The van der Waals surface area contributed by atoms with E-state index in [0.717, 1.165) is 44.4 Å². The van der Waals surface area contributed by atoms with E-state index in [-0.39, 0.29) is 0 Å². The van der Waals surface area contributed by atoms with Gasteiger partial charge in [-0.05, 0) is 97.0 Å². The van der Waals surface area contributed by atoms with Gasteiger partial charge in [0, 0.05) is 16.8 Å². The number of hydrogen-bond acceptors (Lipinski definition) is 3. The Morgan fingerprint density at radius 3 is 1.76 bits per heavy atom. The lowest BCUT2D eigenvalue weighted by Gasteiger charge is -2.26. The van der Waals surface area contributed by atoms with E-state index in [1.54, 1.807) is 0 Å². The highest BCUT2D eigenvalue weighted by Gasteiger charge is 2.21. The molecule has 50 heavy (non-hydrogen) atoms. The standard InChI is InChI=1S/C47H30N2O/c1-2-10-35-26-38(17-16-31(35)8-1)32-18-22-39(23-19-32)49(40-24-20-34(21-25-40)42-15-7-13-33-9-5-6-14-41(33)42)44-29-48-30-46-47(44)43-27-36-11-3-4-12-37(36)28-45(43)50-46/h1-30H. The van der Waals surface area contributed by atoms with Crippen LogP contribution in [0.2, 0.25) is 0 Å². The van der Waals surface area contributed by atoms with Crippen LogP contribution >= 0.6 is 0 Å². The third kappa shape index (κ3) is 4.71. The zero-order valence-electron chi connectivity index (χ0n) is 27.1. The summed E-state index contributed by atoms with van der Waals surface area (Å²) in [5.74, 6) is 0. The molecule has 0 N–H and O–H groups in total. The molecular formula is C47H30N2O. The van der Waals surface area contributed by atoms with Crippen LogP contribution < -0.4 is 4.90 Å². The van der Waals surface area contributed by atoms with E-state index in [1.165, 1.54) is 49.2 Å². The van der Waals surface area contributed by atoms with Crippen molar-refractivity contribution in [3.8, 4) is 22.3 Å². The molecule has 0 amide bonds. The molecule has 10 rings (SSSR count). The summed E-state index contributed by atoms with van der Waals surface area (Å²) < 4.78 is 6.46. The fraction of sp³-hybridized carbons (Fsp3) is 0. The topological polar surface area (TPSA) is 29.3 Å². The minimum absolute atomic E-state index is 0.762. The molecule has 0 aliphatic heterocycles. The number of aromatic nitrogens is 1. The predicted octanol–water partition coefficient (Wildman–Crippen LogP) is 13.2. The van der Waals surface area contributed by atoms with E-state index in [0.29, 0.717) is 0 Å². The van der Waals surface area contributed by atoms with Crippen molar-refractivity contribution in [1.82, 2.24) is 4.98 Å². The molecule has 3 heteroatoms. The summed E-state index contributed by atoms with van der Waals surface area (Å²) in [5.41, 5.74) is 9.41. The van der Waals surface area contributed by atoms with Crippen molar-refractivity contribution in [1.29, 1.82) is 0 Å². The quantitative estimate of drug-likeness (QED) is 0.188. The molecule has 2 heterocycles. The maximum atomic E-state index is 6.46. The van der Waals surface area contributed by atoms with Gasteiger partial charge in [0.2, 0.25) is 0 Å². The summed E-state index contributed by atoms with van der Waals surface area (Å²) in [5, 5.41) is 9.40. The van der Waals surface area contributed by atoms with Crippen LogP contribution in [0, 0.1) is 0 Å². The monoisotopic (exact) mass is 638 g/mol. The van der Waals surface area contributed by atoms with E-state index in [9.17, 15) is 0 Å². The van der Waals surface area contributed by atoms with Crippen molar-refractivity contribution in [3.05, 3.63) is 182 Å². The van der Waals surface area contributed by atoms with Crippen LogP contribution in [0.5, 0.6) is 0 Å². The van der Waals surface area contributed by atoms with Gasteiger partial charge < -0.3 is 9.32 Å². The molecule has 0 bridgehead atoms. The Hall–Kier alpha value is -6.71. The first kappa shape index (κ1) is 28.3. The molecule has 0 unspecified atom stereocenters. The van der Waals surface area contributed by atoms with Gasteiger partial charge in [0.05, 0.1) is 23.5 Å². The van der Waals surface area contributed by atoms with Crippen LogP contribution in [0.3, 0.4) is 0 Å². The van der Waals surface area contributed by atoms with Gasteiger partial charge in [0.15, 0.2) is 5.58 Å². The van der Waals surface area contributed by atoms with Gasteiger partial charge in [0.25, 0.3) is 0 Å². The highest BCUT2D eigenvalue weighted by atomic mass is 16.3. The van der Waals surface area contributed by atoms with Gasteiger partial charge >= 0.3 is 0 Å². The van der Waals surface area contributed by atoms with E-state index >= 15 is 0 Å². The number of furan rings is 1. The fourth-order valence-electron chi connectivity index (χ4n) is 7.43. The average molecular weight is 639 g/mol. The van der Waals surface area contributed by atoms with Crippen molar-refractivity contribution in [2.75, 3.05) is 4.90 Å². The number of benzene rings is 8. The van der Waals surface area contributed by atoms with Gasteiger partial charge in [-0.15, -0.1) is 0 Å². The zero-order chi connectivity index (χ0) is 33.0. The van der Waals surface area contributed by atoms with Gasteiger partial charge in [-0.1, -0.05) is 127 Å². The van der Waals surface area contributed by atoms with Crippen LogP contribution in [-0.4, -0.2) is 4.98 Å². The smallest absolute Gasteiger partial charge is 0.155 e. The van der Waals surface area contributed by atoms with Crippen LogP contribution in [-0.2, 0) is 0 Å². The average Bonchev–Trinajstić information content (AvgIpc) is 3.55. The molecule has 0 fully saturated rings. The highest BCUT2D eigenvalue weighted by molar-refractivity contribution is 6.16. The Balaban J connectivity index is 1.14. The van der Waals surface area contributed by atoms with Crippen LogP contribution in [0.25, 0.3) is 76.5 Å². The Labute approximate surface area is 289 Å². The van der Waals surface area contributed by atoms with Gasteiger partial charge in [0.1, 0.15) is 5.58 Å². The number of fused-ring (bicyclic) bond motifs is 6. The number of rotatable bonds is 5. The van der Waals surface area contributed by atoms with Crippen LogP contribution in [0.15, 0.2) is 187 Å². The zero-order valence-corrected chi connectivity index (χ0v) is 27.1. The third-order valence-electron chi connectivity index (χ3n) is 9.90. The lowest BCUT2D eigenvalue weighted by Crippen LogP contribution is -2.10. The normalized spacial score (nSPS) is 11.6. The van der Waals surface area contributed by atoms with Crippen LogP contribution in [0.1, 0.15) is 0 Å². The minimum atomic E-state index is 0.762. The molecule has 8 aromatic carbocycles. The molecule has 0 radical (unpaired) electrons. The predicted molar refractivity (Wildman–Crippen MR) is 210 cm³/mol. The lowest BCUT2D eigenvalue weighted by atomic mass is 9.98. The molecule has 0 atom stereocenters. The molecule has 234 valence electrons. The Morgan fingerprint density at radius 1 is 0.400 bits per heavy atom. The Kier molecular flexibility index (Phi) is 6.49. The van der Waals surface area contributed by atoms with Gasteiger partial charge in [-0.25, -0.2) is 0 Å². The molecule has 3 nitrogen and oxygen atoms in total. The van der Waals surface area contributed by atoms with Crippen molar-refractivity contribution in [2.45, 2.75) is 0 Å². The summed E-state index contributed by atoms with van der Waals surface area (Å²) in [6.07, 6.45) is 3.79. The SMILES string of the molecule is c1ccc2cc(-c3ccc(N(c4ccc(-c5cccc6ccccc56)cc4)c4cncc5oc6cc7ccccc7cc6c45)cc3)ccc2c1. The highest BCUT2D eigenvalue weighted by Crippen LogP contribution is 2.44. The minimum Gasteiger partial charge on any atom is -0.454 e. The molecule has 0 aliphatic rings. The second-order valence-electron chi connectivity index (χ2n) is 12.8. The molecule has 0 spiro atoms. The molecule has 0 saturated heterocycles. The first-order valence-corrected chi connectivity index (χ1v) is 16.9. The second kappa shape index (κ2) is 11.5. The Morgan fingerprint density at radius 2 is 1.00 bits per heavy atom. The van der Waals surface area contributed by atoms with Crippen molar-refractivity contribution in [3.63, 3.8) is 0 Å². The first-order chi connectivity index (χ1) is 24.8. The summed E-state index contributed by atoms with van der Waals surface area (Å²) in [6.45, 7) is 0. The third-order valence-corrected chi connectivity index (χ3v) is 9.90. The maximum absolute atomic E-state index is 6.46. The number of anilines is 3. The summed E-state index contributed by atoms with van der Waals surface area (Å²) >= 11 is 0. The second-order valence-corrected chi connectivity index (χ2v) is 12.8. The Bertz CT molecular complexity index is 2860. The van der Waals surface area contributed by atoms with Crippen LogP contribution in [0.4, 0.5) is 17.1 Å². The first-order valence-electron chi connectivity index (χ1n) is 16.9.